The number of alkyl halides is 2. The van der Waals surface area contributed by atoms with E-state index in [1.54, 1.807) is 0 Å². The number of halogens is 5. The van der Waals surface area contributed by atoms with Gasteiger partial charge >= 0.3 is 0 Å². The molecule has 0 amide bonds. The molecule has 0 aliphatic carbocycles. The Morgan fingerprint density at radius 1 is 0.917 bits per heavy atom. The Labute approximate surface area is 93.8 Å². The Morgan fingerprint density at radius 3 is 1.67 bits per heavy atom. The Kier molecular flexibility index (Phi) is 3.68. The lowest BCUT2D eigenvalue weighted by Gasteiger charge is -2.02. The van der Waals surface area contributed by atoms with Crippen molar-refractivity contribution in [3.63, 3.8) is 0 Å². The molecule has 0 fully saturated rings. The summed E-state index contributed by atoms with van der Waals surface area (Å²) in [5.74, 6) is 0.137. The topological polar surface area (TPSA) is 25.8 Å². The zero-order valence-corrected chi connectivity index (χ0v) is 9.14. The van der Waals surface area contributed by atoms with E-state index in [0.717, 1.165) is 0 Å². The van der Waals surface area contributed by atoms with Gasteiger partial charge in [0, 0.05) is 0 Å². The highest BCUT2D eigenvalue weighted by Crippen LogP contribution is 2.30. The SMILES string of the molecule is Clc1nc(C(Cl)Cl)nc(Cl)c1Cl. The summed E-state index contributed by atoms with van der Waals surface area (Å²) in [6.45, 7) is 0. The van der Waals surface area contributed by atoms with E-state index in [1.165, 1.54) is 0 Å². The highest BCUT2D eigenvalue weighted by atomic mass is 35.5. The molecule has 0 aliphatic rings. The predicted octanol–water partition coefficient (Wildman–Crippen LogP) is 3.91. The smallest absolute Gasteiger partial charge is 0.167 e. The first-order chi connectivity index (χ1) is 5.52. The molecule has 7 heteroatoms. The first-order valence-corrected chi connectivity index (χ1v) is 4.69. The van der Waals surface area contributed by atoms with Crippen LogP contribution >= 0.6 is 58.0 Å². The van der Waals surface area contributed by atoms with Gasteiger partial charge in [-0.1, -0.05) is 58.0 Å². The van der Waals surface area contributed by atoms with Crippen LogP contribution in [0.15, 0.2) is 0 Å². The zero-order valence-electron chi connectivity index (χ0n) is 5.36. The van der Waals surface area contributed by atoms with E-state index in [-0.39, 0.29) is 21.2 Å². The maximum Gasteiger partial charge on any atom is 0.167 e. The van der Waals surface area contributed by atoms with Gasteiger partial charge in [0.2, 0.25) is 0 Å². The van der Waals surface area contributed by atoms with E-state index in [9.17, 15) is 0 Å². The Balaban J connectivity index is 3.21. The Hall–Kier alpha value is 0.530. The summed E-state index contributed by atoms with van der Waals surface area (Å²) in [5, 5.41) is 0.173. The molecule has 0 unspecified atom stereocenters. The monoisotopic (exact) mass is 264 g/mol. The van der Waals surface area contributed by atoms with Crippen molar-refractivity contribution in [3.8, 4) is 0 Å². The fourth-order valence-electron chi connectivity index (χ4n) is 0.507. The average Bonchev–Trinajstić information content (AvgIpc) is 1.99. The number of hydrogen-bond acceptors (Lipinski definition) is 2. The van der Waals surface area contributed by atoms with Crippen LogP contribution in [-0.2, 0) is 0 Å². The molecule has 1 heterocycles. The third kappa shape index (κ3) is 2.27. The van der Waals surface area contributed by atoms with Crippen LogP contribution in [-0.4, -0.2) is 9.97 Å². The lowest BCUT2D eigenvalue weighted by molar-refractivity contribution is 1.01. The number of nitrogens with zero attached hydrogens (tertiary/aromatic N) is 2. The van der Waals surface area contributed by atoms with Crippen molar-refractivity contribution in [3.05, 3.63) is 21.2 Å². The number of hydrogen-bond donors (Lipinski definition) is 0. The van der Waals surface area contributed by atoms with Gasteiger partial charge in [-0.05, 0) is 0 Å². The average molecular weight is 266 g/mol. The minimum absolute atomic E-state index is 0.0398. The molecule has 0 saturated heterocycles. The second kappa shape index (κ2) is 4.16. The van der Waals surface area contributed by atoms with E-state index < -0.39 is 4.84 Å². The van der Waals surface area contributed by atoms with Crippen molar-refractivity contribution in [2.24, 2.45) is 0 Å². The molecule has 1 aromatic heterocycles. The molecule has 0 aliphatic heterocycles. The van der Waals surface area contributed by atoms with E-state index in [0.29, 0.717) is 0 Å². The lowest BCUT2D eigenvalue weighted by Crippen LogP contribution is -1.95. The van der Waals surface area contributed by atoms with Crippen LogP contribution in [0.4, 0.5) is 0 Å². The third-order valence-corrected chi connectivity index (χ3v) is 2.47. The third-order valence-electron chi connectivity index (χ3n) is 0.983. The van der Waals surface area contributed by atoms with Gasteiger partial charge in [0.05, 0.1) is 0 Å². The summed E-state index contributed by atoms with van der Waals surface area (Å²) in [5.41, 5.74) is 0. The molecule has 0 atom stereocenters. The molecule has 0 N–H and O–H groups in total. The highest BCUT2D eigenvalue weighted by Gasteiger charge is 2.13. The molecule has 1 aromatic rings. The predicted molar refractivity (Wildman–Crippen MR) is 51.5 cm³/mol. The van der Waals surface area contributed by atoms with Gasteiger partial charge in [-0.3, -0.25) is 0 Å². The van der Waals surface area contributed by atoms with E-state index in [2.05, 4.69) is 9.97 Å². The van der Waals surface area contributed by atoms with Crippen molar-refractivity contribution in [1.29, 1.82) is 0 Å². The molecule has 2 nitrogen and oxygen atoms in total. The molecule has 0 radical (unpaired) electrons. The van der Waals surface area contributed by atoms with Crippen LogP contribution in [0.2, 0.25) is 15.3 Å². The first kappa shape index (κ1) is 10.6. The van der Waals surface area contributed by atoms with Crippen LogP contribution in [0.3, 0.4) is 0 Å². The maximum atomic E-state index is 5.58. The van der Waals surface area contributed by atoms with Crippen LogP contribution < -0.4 is 0 Å². The van der Waals surface area contributed by atoms with Gasteiger partial charge in [-0.2, -0.15) is 0 Å². The number of rotatable bonds is 1. The first-order valence-electron chi connectivity index (χ1n) is 2.69. The van der Waals surface area contributed by atoms with Gasteiger partial charge in [0.25, 0.3) is 0 Å². The van der Waals surface area contributed by atoms with Gasteiger partial charge in [0.1, 0.15) is 5.02 Å². The Morgan fingerprint density at radius 2 is 1.33 bits per heavy atom. The summed E-state index contributed by atoms with van der Waals surface area (Å²) >= 11 is 27.7. The van der Waals surface area contributed by atoms with E-state index in [1.807, 2.05) is 0 Å². The quantitative estimate of drug-likeness (QED) is 0.569. The fourth-order valence-corrected chi connectivity index (χ4v) is 1.19. The van der Waals surface area contributed by atoms with Crippen molar-refractivity contribution in [1.82, 2.24) is 9.97 Å². The molecule has 12 heavy (non-hydrogen) atoms. The summed E-state index contributed by atoms with van der Waals surface area (Å²) in [6.07, 6.45) is 0. The van der Waals surface area contributed by atoms with Crippen molar-refractivity contribution in [2.45, 2.75) is 4.84 Å². The fraction of sp³-hybridized carbons (Fsp3) is 0.200. The second-order valence-corrected chi connectivity index (χ2v) is 3.97. The minimum Gasteiger partial charge on any atom is -0.217 e. The zero-order chi connectivity index (χ0) is 9.30. The highest BCUT2D eigenvalue weighted by molar-refractivity contribution is 6.47. The molecule has 0 saturated carbocycles. The van der Waals surface area contributed by atoms with Crippen LogP contribution in [0.1, 0.15) is 10.7 Å². The van der Waals surface area contributed by atoms with Crippen LogP contribution in [0.5, 0.6) is 0 Å². The molecular weight excluding hydrogens is 265 g/mol. The minimum atomic E-state index is -0.864. The largest absolute Gasteiger partial charge is 0.217 e. The standard InChI is InChI=1S/C5HCl5N2/c6-1-3(9)11-5(2(7)8)12-4(1)10/h2H. The Bertz CT molecular complexity index is 277. The van der Waals surface area contributed by atoms with Crippen molar-refractivity contribution >= 4 is 58.0 Å². The van der Waals surface area contributed by atoms with Gasteiger partial charge in [-0.15, -0.1) is 0 Å². The lowest BCUT2D eigenvalue weighted by atomic mass is 10.6. The summed E-state index contributed by atoms with van der Waals surface area (Å²) in [6, 6.07) is 0. The van der Waals surface area contributed by atoms with Gasteiger partial charge in [0.15, 0.2) is 21.0 Å². The molecule has 0 aromatic carbocycles. The molecule has 0 spiro atoms. The molecule has 66 valence electrons. The molecular formula is C5HCl5N2. The second-order valence-electron chi connectivity index (χ2n) is 1.78. The molecule has 1 rings (SSSR count). The summed E-state index contributed by atoms with van der Waals surface area (Å²) in [4.78, 5) is 6.55. The molecule has 0 bridgehead atoms. The van der Waals surface area contributed by atoms with Crippen molar-refractivity contribution < 1.29 is 0 Å². The number of aromatic nitrogens is 2. The normalized spacial score (nSPS) is 10.8. The van der Waals surface area contributed by atoms with Crippen LogP contribution in [0, 0.1) is 0 Å². The summed E-state index contributed by atoms with van der Waals surface area (Å²) < 4.78 is 0. The van der Waals surface area contributed by atoms with Crippen LogP contribution in [0.25, 0.3) is 0 Å². The van der Waals surface area contributed by atoms with Gasteiger partial charge in [-0.25, -0.2) is 9.97 Å². The van der Waals surface area contributed by atoms with Gasteiger partial charge < -0.3 is 0 Å². The summed E-state index contributed by atoms with van der Waals surface area (Å²) in [7, 11) is 0. The van der Waals surface area contributed by atoms with Crippen molar-refractivity contribution in [2.75, 3.05) is 0 Å². The van der Waals surface area contributed by atoms with E-state index in [4.69, 9.17) is 58.0 Å². The maximum absolute atomic E-state index is 5.58. The van der Waals surface area contributed by atoms with E-state index >= 15 is 0 Å².